The molecule has 0 radical (unpaired) electrons. The molecular weight excluding hydrogens is 663 g/mol. The van der Waals surface area contributed by atoms with Gasteiger partial charge in [-0.05, 0) is 53.7 Å². The van der Waals surface area contributed by atoms with E-state index in [-0.39, 0.29) is 6.42 Å². The lowest BCUT2D eigenvalue weighted by molar-refractivity contribution is -0.846. The van der Waals surface area contributed by atoms with Crippen LogP contribution in [0.5, 0.6) is 0 Å². The minimum absolute atomic E-state index is 0.234. The molecule has 0 spiro atoms. The normalized spacial score (nSPS) is 13.9. The summed E-state index contributed by atoms with van der Waals surface area (Å²) >= 11 is 1.70. The Kier molecular flexibility index (Phi) is 23.8. The molecule has 0 saturated heterocycles. The largest absolute Gasteiger partial charge is 0.550 e. The number of nitrogens with zero attached hydrogens (tertiary/aromatic N) is 3. The number of hydrogen-bond acceptors (Lipinski definition) is 7. The fourth-order valence-electron chi connectivity index (χ4n) is 6.79. The molecule has 2 heterocycles. The van der Waals surface area contributed by atoms with E-state index < -0.39 is 5.97 Å². The van der Waals surface area contributed by atoms with Crippen molar-refractivity contribution in [3.05, 3.63) is 54.6 Å². The zero-order valence-electron chi connectivity index (χ0n) is 32.9. The van der Waals surface area contributed by atoms with Gasteiger partial charge in [0.2, 0.25) is 0 Å². The molecule has 0 amide bonds. The lowest BCUT2D eigenvalue weighted by atomic mass is 10.0. The van der Waals surface area contributed by atoms with Gasteiger partial charge in [-0.2, -0.15) is 4.98 Å². The number of benzene rings is 2. The number of carboxylic acids is 1. The third-order valence-corrected chi connectivity index (χ3v) is 11.0. The predicted molar refractivity (Wildman–Crippen MR) is 221 cm³/mol. The van der Waals surface area contributed by atoms with Crippen molar-refractivity contribution in [1.82, 2.24) is 10.4 Å². The van der Waals surface area contributed by atoms with Crippen LogP contribution in [-0.2, 0) is 4.79 Å². The van der Waals surface area contributed by atoms with Crippen molar-refractivity contribution in [2.24, 2.45) is 5.10 Å². The molecule has 2 aromatic carbocycles. The maximum atomic E-state index is 10.2. The van der Waals surface area contributed by atoms with Gasteiger partial charge in [-0.1, -0.05) is 208 Å². The Morgan fingerprint density at radius 2 is 1.10 bits per heavy atom. The summed E-state index contributed by atoms with van der Waals surface area (Å²) in [6.07, 6.45) is 34.3. The van der Waals surface area contributed by atoms with Crippen LogP contribution in [0.2, 0.25) is 0 Å². The highest BCUT2D eigenvalue weighted by Gasteiger charge is 2.33. The maximum Gasteiger partial charge on any atom is 0.339 e. The van der Waals surface area contributed by atoms with E-state index in [1.54, 1.807) is 11.3 Å². The number of rotatable bonds is 29. The highest BCUT2D eigenvalue weighted by atomic mass is 32.1. The van der Waals surface area contributed by atoms with E-state index in [1.807, 2.05) is 12.1 Å². The number of hydrazine groups is 1. The molecular formula is C44H71N5O2S. The van der Waals surface area contributed by atoms with Gasteiger partial charge < -0.3 is 9.90 Å². The zero-order chi connectivity index (χ0) is 36.9. The van der Waals surface area contributed by atoms with Crippen LogP contribution in [0, 0.1) is 0 Å². The topological polar surface area (TPSA) is 85.1 Å². The van der Waals surface area contributed by atoms with E-state index in [9.17, 15) is 9.90 Å². The average molecular weight is 734 g/mol. The number of anilines is 1. The molecule has 1 aliphatic rings. The highest BCUT2D eigenvalue weighted by Crippen LogP contribution is 2.24. The lowest BCUT2D eigenvalue weighted by Crippen LogP contribution is -3.10. The average Bonchev–Trinajstić information content (AvgIpc) is 3.79. The number of hydrogen-bond donors (Lipinski definition) is 2. The fraction of sp³-hybridized carbons (Fsp3) is 0.659. The first kappa shape index (κ1) is 43.4. The summed E-state index contributed by atoms with van der Waals surface area (Å²) in [6, 6.07) is 18.7. The van der Waals surface area contributed by atoms with Crippen LogP contribution in [-0.4, -0.2) is 16.8 Å². The predicted octanol–water partition coefficient (Wildman–Crippen LogP) is 11.4. The first-order valence-electron chi connectivity index (χ1n) is 21.2. The minimum atomic E-state index is -0.903. The number of unbranched alkanes of at least 4 members (excludes halogenated alkanes) is 23. The fourth-order valence-corrected chi connectivity index (χ4v) is 7.74. The first-order valence-corrected chi connectivity index (χ1v) is 22.1. The molecule has 2 N–H and O–H groups in total. The summed E-state index contributed by atoms with van der Waals surface area (Å²) in [5.74, 6) is 0.141. The number of aliphatic carboxylic acids is 1. The SMILES string of the molecule is CCCCCCCCCCCCC1=N[NH+](c2nc3ccccc3s2)N(c2ccccc2)N1.CCCCCCCCCCCCCCCCCC(=O)[O-]. The Bertz CT molecular complexity index is 1310. The quantitative estimate of drug-likeness (QED) is 0.0694. The number of fused-ring (bicyclic) bond motifs is 1. The van der Waals surface area contributed by atoms with Crippen LogP contribution < -0.4 is 20.8 Å². The molecule has 7 nitrogen and oxygen atoms in total. The van der Waals surface area contributed by atoms with Crippen LogP contribution >= 0.6 is 11.3 Å². The Hall–Kier alpha value is -2.97. The highest BCUT2D eigenvalue weighted by molar-refractivity contribution is 7.21. The van der Waals surface area contributed by atoms with Gasteiger partial charge in [0, 0.05) is 12.4 Å². The first-order chi connectivity index (χ1) is 25.6. The summed E-state index contributed by atoms with van der Waals surface area (Å²) < 4.78 is 1.20. The van der Waals surface area contributed by atoms with Crippen molar-refractivity contribution in [2.45, 2.75) is 187 Å². The number of amidine groups is 1. The van der Waals surface area contributed by atoms with E-state index in [4.69, 9.17) is 10.1 Å². The number of carbonyl (C=O) groups excluding carboxylic acids is 1. The van der Waals surface area contributed by atoms with E-state index in [0.29, 0.717) is 0 Å². The molecule has 1 aromatic heterocycles. The van der Waals surface area contributed by atoms with Gasteiger partial charge in [0.1, 0.15) is 5.69 Å². The molecule has 0 fully saturated rings. The van der Waals surface area contributed by atoms with E-state index >= 15 is 0 Å². The molecule has 1 aliphatic heterocycles. The summed E-state index contributed by atoms with van der Waals surface area (Å²) in [6.45, 7) is 4.55. The third kappa shape index (κ3) is 18.7. The van der Waals surface area contributed by atoms with Crippen LogP contribution in [0.3, 0.4) is 0 Å². The molecule has 1 unspecified atom stereocenters. The van der Waals surface area contributed by atoms with Gasteiger partial charge in [0.15, 0.2) is 5.84 Å². The maximum absolute atomic E-state index is 10.2. The van der Waals surface area contributed by atoms with Crippen molar-refractivity contribution in [3.8, 4) is 0 Å². The van der Waals surface area contributed by atoms with Gasteiger partial charge in [-0.15, -0.1) is 0 Å². The second-order valence-electron chi connectivity index (χ2n) is 14.7. The van der Waals surface area contributed by atoms with Gasteiger partial charge in [-0.25, -0.2) is 5.43 Å². The summed E-state index contributed by atoms with van der Waals surface area (Å²) in [4.78, 5) is 15.1. The summed E-state index contributed by atoms with van der Waals surface area (Å²) in [5.41, 5.74) is 5.66. The van der Waals surface area contributed by atoms with E-state index in [2.05, 4.69) is 66.9 Å². The van der Waals surface area contributed by atoms with Gasteiger partial charge in [0.25, 0.3) is 0 Å². The minimum Gasteiger partial charge on any atom is -0.550 e. The number of nitrogens with one attached hydrogen (secondary N) is 2. The van der Waals surface area contributed by atoms with Crippen LogP contribution in [0.15, 0.2) is 59.7 Å². The Balaban J connectivity index is 0.000000316. The standard InChI is InChI=1S/C26H35N5S.C18H36O2/c1-2-3-4-5-6-7-8-9-10-14-21-25-28-30(22-17-12-11-13-18-22)31(29-25)26-27-23-19-15-16-20-24(23)32-26;1-2-3-4-5-6-7-8-9-10-11-12-13-14-15-16-17-18(19)20/h11-13,15-20H,2-10,14,21H2,1H3,(H,28,29);2-17H2,1H3,(H,19,20). The number of carboxylic acid groups (broad SMARTS) is 1. The van der Waals surface area contributed by atoms with Gasteiger partial charge in [0.05, 0.1) is 10.2 Å². The van der Waals surface area contributed by atoms with E-state index in [0.717, 1.165) is 46.6 Å². The molecule has 52 heavy (non-hydrogen) atoms. The molecule has 3 aromatic rings. The van der Waals surface area contributed by atoms with Crippen molar-refractivity contribution in [2.75, 3.05) is 5.12 Å². The van der Waals surface area contributed by atoms with Gasteiger partial charge in [-0.3, -0.25) is 0 Å². The van der Waals surface area contributed by atoms with Gasteiger partial charge >= 0.3 is 5.13 Å². The lowest BCUT2D eigenvalue weighted by Gasteiger charge is -2.19. The molecule has 0 bridgehead atoms. The van der Waals surface area contributed by atoms with Crippen molar-refractivity contribution in [1.29, 1.82) is 0 Å². The Morgan fingerprint density at radius 3 is 1.60 bits per heavy atom. The zero-order valence-corrected chi connectivity index (χ0v) is 33.7. The molecule has 0 aliphatic carbocycles. The summed E-state index contributed by atoms with van der Waals surface area (Å²) in [5, 5.41) is 19.2. The smallest absolute Gasteiger partial charge is 0.339 e. The van der Waals surface area contributed by atoms with Crippen LogP contribution in [0.1, 0.15) is 187 Å². The number of para-hydroxylation sites is 2. The number of aromatic nitrogens is 1. The van der Waals surface area contributed by atoms with E-state index in [1.165, 1.54) is 152 Å². The van der Waals surface area contributed by atoms with Crippen LogP contribution in [0.25, 0.3) is 10.2 Å². The van der Waals surface area contributed by atoms with Crippen molar-refractivity contribution in [3.63, 3.8) is 0 Å². The van der Waals surface area contributed by atoms with Crippen molar-refractivity contribution < 1.29 is 15.0 Å². The third-order valence-electron chi connectivity index (χ3n) is 9.94. The second kappa shape index (κ2) is 28.5. The van der Waals surface area contributed by atoms with Crippen LogP contribution in [0.4, 0.5) is 10.8 Å². The molecule has 290 valence electrons. The number of quaternary nitrogens is 1. The van der Waals surface area contributed by atoms with Crippen molar-refractivity contribution >= 4 is 44.2 Å². The molecule has 0 saturated carbocycles. The Morgan fingerprint density at radius 1 is 0.635 bits per heavy atom. The molecule has 1 atom stereocenters. The second-order valence-corrected chi connectivity index (χ2v) is 15.7. The molecule has 8 heteroatoms. The monoisotopic (exact) mass is 734 g/mol. The Labute approximate surface area is 320 Å². The summed E-state index contributed by atoms with van der Waals surface area (Å²) in [7, 11) is 0. The molecule has 4 rings (SSSR count). The number of carbonyl (C=O) groups is 1. The number of thiazole rings is 1.